The van der Waals surface area contributed by atoms with Crippen molar-refractivity contribution >= 4 is 11.6 Å². The Morgan fingerprint density at radius 2 is 2.09 bits per heavy atom. The maximum Gasteiger partial charge on any atom is 0.253 e. The van der Waals surface area contributed by atoms with Crippen LogP contribution < -0.4 is 10.6 Å². The molecule has 0 aliphatic rings. The average Bonchev–Trinajstić information content (AvgIpc) is 2.53. The number of carbonyl (C=O) groups is 1. The van der Waals surface area contributed by atoms with E-state index in [9.17, 15) is 4.79 Å². The van der Waals surface area contributed by atoms with Crippen LogP contribution in [0.1, 0.15) is 36.2 Å². The number of aromatic nitrogens is 2. The van der Waals surface area contributed by atoms with E-state index in [-0.39, 0.29) is 5.91 Å². The van der Waals surface area contributed by atoms with Crippen molar-refractivity contribution in [3.8, 4) is 0 Å². The Morgan fingerprint density at radius 1 is 1.23 bits per heavy atom. The van der Waals surface area contributed by atoms with Crippen molar-refractivity contribution in [1.29, 1.82) is 0 Å². The smallest absolute Gasteiger partial charge is 0.253 e. The normalized spacial score (nSPS) is 10.5. The number of hydrogen-bond donors (Lipinski definition) is 2. The molecule has 0 saturated carbocycles. The van der Waals surface area contributed by atoms with Gasteiger partial charge < -0.3 is 10.6 Å². The number of anilines is 1. The Morgan fingerprint density at radius 3 is 2.82 bits per heavy atom. The van der Waals surface area contributed by atoms with E-state index in [0.717, 1.165) is 24.2 Å². The summed E-state index contributed by atoms with van der Waals surface area (Å²) < 4.78 is 0. The molecular formula is C17H22N4O. The molecule has 22 heavy (non-hydrogen) atoms. The summed E-state index contributed by atoms with van der Waals surface area (Å²) in [6, 6.07) is 5.60. The van der Waals surface area contributed by atoms with Gasteiger partial charge in [0.2, 0.25) is 0 Å². The Labute approximate surface area is 131 Å². The van der Waals surface area contributed by atoms with Crippen LogP contribution in [-0.2, 0) is 6.54 Å². The molecule has 0 bridgehead atoms. The van der Waals surface area contributed by atoms with Crippen molar-refractivity contribution in [2.45, 2.75) is 26.8 Å². The van der Waals surface area contributed by atoms with Crippen molar-refractivity contribution in [1.82, 2.24) is 15.3 Å². The Bertz CT molecular complexity index is 599. The minimum absolute atomic E-state index is 0.135. The van der Waals surface area contributed by atoms with Crippen LogP contribution in [-0.4, -0.2) is 22.4 Å². The fraction of sp³-hybridized carbons (Fsp3) is 0.353. The molecule has 2 N–H and O–H groups in total. The standard InChI is InChI=1S/C17H22N4O/c1-13(2)5-7-20-16-8-15(11-19-12-16)17(22)21-10-14-4-3-6-18-9-14/h3-4,6,8-9,11-13,20H,5,7,10H2,1-2H3,(H,21,22). The highest BCUT2D eigenvalue weighted by molar-refractivity contribution is 5.94. The molecule has 2 aromatic heterocycles. The molecule has 5 heteroatoms. The summed E-state index contributed by atoms with van der Waals surface area (Å²) >= 11 is 0. The molecule has 2 heterocycles. The second kappa shape index (κ2) is 8.12. The second-order valence-corrected chi connectivity index (χ2v) is 5.62. The fourth-order valence-electron chi connectivity index (χ4n) is 1.95. The van der Waals surface area contributed by atoms with Gasteiger partial charge in [-0.15, -0.1) is 0 Å². The molecule has 116 valence electrons. The molecule has 2 rings (SSSR count). The third-order valence-corrected chi connectivity index (χ3v) is 3.23. The summed E-state index contributed by atoms with van der Waals surface area (Å²) in [6.45, 7) is 5.70. The summed E-state index contributed by atoms with van der Waals surface area (Å²) in [5.41, 5.74) is 2.39. The molecule has 0 radical (unpaired) electrons. The zero-order valence-electron chi connectivity index (χ0n) is 13.0. The molecule has 0 aromatic carbocycles. The van der Waals surface area contributed by atoms with E-state index in [1.165, 1.54) is 0 Å². The number of nitrogens with one attached hydrogen (secondary N) is 2. The molecule has 2 aromatic rings. The zero-order chi connectivity index (χ0) is 15.8. The van der Waals surface area contributed by atoms with Gasteiger partial charge >= 0.3 is 0 Å². The monoisotopic (exact) mass is 298 g/mol. The van der Waals surface area contributed by atoms with Gasteiger partial charge in [-0.05, 0) is 30.0 Å². The van der Waals surface area contributed by atoms with E-state index in [0.29, 0.717) is 18.0 Å². The van der Waals surface area contributed by atoms with Crippen LogP contribution in [0.3, 0.4) is 0 Å². The number of carbonyl (C=O) groups excluding carboxylic acids is 1. The van der Waals surface area contributed by atoms with Gasteiger partial charge in [-0.2, -0.15) is 0 Å². The third kappa shape index (κ3) is 5.16. The maximum absolute atomic E-state index is 12.2. The van der Waals surface area contributed by atoms with Gasteiger partial charge in [-0.1, -0.05) is 19.9 Å². The second-order valence-electron chi connectivity index (χ2n) is 5.62. The summed E-state index contributed by atoms with van der Waals surface area (Å²) in [7, 11) is 0. The number of pyridine rings is 2. The van der Waals surface area contributed by atoms with Crippen molar-refractivity contribution in [2.24, 2.45) is 5.92 Å². The highest BCUT2D eigenvalue weighted by atomic mass is 16.1. The van der Waals surface area contributed by atoms with Crippen LogP contribution in [0.4, 0.5) is 5.69 Å². The van der Waals surface area contributed by atoms with Crippen molar-refractivity contribution in [2.75, 3.05) is 11.9 Å². The first kappa shape index (κ1) is 15.9. The van der Waals surface area contributed by atoms with Crippen LogP contribution in [0.2, 0.25) is 0 Å². The van der Waals surface area contributed by atoms with Gasteiger partial charge in [0, 0.05) is 37.9 Å². The van der Waals surface area contributed by atoms with Crippen molar-refractivity contribution in [3.63, 3.8) is 0 Å². The van der Waals surface area contributed by atoms with E-state index >= 15 is 0 Å². The lowest BCUT2D eigenvalue weighted by molar-refractivity contribution is 0.0950. The first-order valence-electron chi connectivity index (χ1n) is 7.51. The minimum atomic E-state index is -0.135. The Hall–Kier alpha value is -2.43. The highest BCUT2D eigenvalue weighted by Crippen LogP contribution is 2.10. The number of rotatable bonds is 7. The molecule has 0 saturated heterocycles. The lowest BCUT2D eigenvalue weighted by atomic mass is 10.1. The van der Waals surface area contributed by atoms with E-state index in [2.05, 4.69) is 34.4 Å². The first-order chi connectivity index (χ1) is 10.6. The van der Waals surface area contributed by atoms with Gasteiger partial charge in [0.25, 0.3) is 5.91 Å². The van der Waals surface area contributed by atoms with Gasteiger partial charge in [0.05, 0.1) is 11.3 Å². The highest BCUT2D eigenvalue weighted by Gasteiger charge is 2.07. The molecule has 5 nitrogen and oxygen atoms in total. The predicted molar refractivity (Wildman–Crippen MR) is 87.6 cm³/mol. The lowest BCUT2D eigenvalue weighted by Crippen LogP contribution is -2.23. The molecule has 0 unspecified atom stereocenters. The van der Waals surface area contributed by atoms with Crippen LogP contribution in [0.15, 0.2) is 43.0 Å². The minimum Gasteiger partial charge on any atom is -0.384 e. The molecule has 0 spiro atoms. The van der Waals surface area contributed by atoms with Gasteiger partial charge in [-0.3, -0.25) is 14.8 Å². The van der Waals surface area contributed by atoms with E-state index in [4.69, 9.17) is 0 Å². The van der Waals surface area contributed by atoms with E-state index in [1.807, 2.05) is 18.2 Å². The largest absolute Gasteiger partial charge is 0.384 e. The van der Waals surface area contributed by atoms with Crippen molar-refractivity contribution in [3.05, 3.63) is 54.1 Å². The number of hydrogen-bond acceptors (Lipinski definition) is 4. The number of nitrogens with zero attached hydrogens (tertiary/aromatic N) is 2. The molecule has 0 fully saturated rings. The Kier molecular flexibility index (Phi) is 5.89. The fourth-order valence-corrected chi connectivity index (χ4v) is 1.95. The molecule has 0 aliphatic heterocycles. The van der Waals surface area contributed by atoms with Gasteiger partial charge in [0.1, 0.15) is 0 Å². The first-order valence-corrected chi connectivity index (χ1v) is 7.51. The molecule has 0 aliphatic carbocycles. The van der Waals surface area contributed by atoms with E-state index in [1.54, 1.807) is 24.8 Å². The third-order valence-electron chi connectivity index (χ3n) is 3.23. The summed E-state index contributed by atoms with van der Waals surface area (Å²) in [4.78, 5) is 20.3. The van der Waals surface area contributed by atoms with Crippen LogP contribution in [0.25, 0.3) is 0 Å². The summed E-state index contributed by atoms with van der Waals surface area (Å²) in [5.74, 6) is 0.510. The van der Waals surface area contributed by atoms with E-state index < -0.39 is 0 Å². The maximum atomic E-state index is 12.2. The summed E-state index contributed by atoms with van der Waals surface area (Å²) in [5, 5.41) is 6.16. The van der Waals surface area contributed by atoms with Gasteiger partial charge in [0.15, 0.2) is 0 Å². The molecular weight excluding hydrogens is 276 g/mol. The molecule has 0 atom stereocenters. The molecule has 1 amide bonds. The van der Waals surface area contributed by atoms with Crippen molar-refractivity contribution < 1.29 is 4.79 Å². The van der Waals surface area contributed by atoms with Crippen LogP contribution >= 0.6 is 0 Å². The number of amides is 1. The SMILES string of the molecule is CC(C)CCNc1cncc(C(=O)NCc2cccnc2)c1. The van der Waals surface area contributed by atoms with Gasteiger partial charge in [-0.25, -0.2) is 0 Å². The van der Waals surface area contributed by atoms with Crippen LogP contribution in [0.5, 0.6) is 0 Å². The topological polar surface area (TPSA) is 66.9 Å². The lowest BCUT2D eigenvalue weighted by Gasteiger charge is -2.09. The quantitative estimate of drug-likeness (QED) is 0.825. The van der Waals surface area contributed by atoms with Crippen LogP contribution in [0, 0.1) is 5.92 Å². The summed E-state index contributed by atoms with van der Waals surface area (Å²) in [6.07, 6.45) is 7.84. The average molecular weight is 298 g/mol. The Balaban J connectivity index is 1.89. The zero-order valence-corrected chi connectivity index (χ0v) is 13.0. The predicted octanol–water partition coefficient (Wildman–Crippen LogP) is 2.86.